The molecule has 1 N–H and O–H groups in total. The van der Waals surface area contributed by atoms with Gasteiger partial charge in [0, 0.05) is 16.3 Å². The van der Waals surface area contributed by atoms with Crippen molar-refractivity contribution in [3.8, 4) is 0 Å². The van der Waals surface area contributed by atoms with Crippen molar-refractivity contribution in [2.24, 2.45) is 0 Å². The summed E-state index contributed by atoms with van der Waals surface area (Å²) in [5, 5.41) is 8.83. The van der Waals surface area contributed by atoms with Crippen LogP contribution in [0.4, 0.5) is 5.69 Å². The van der Waals surface area contributed by atoms with Crippen LogP contribution in [0, 0.1) is 3.57 Å². The fraction of sp³-hybridized carbons (Fsp3) is 0.300. The molecule has 0 aliphatic carbocycles. The van der Waals surface area contributed by atoms with Crippen LogP contribution >= 0.6 is 22.6 Å². The number of aliphatic carboxylic acids is 1. The number of anilines is 1. The van der Waals surface area contributed by atoms with Crippen molar-refractivity contribution in [2.75, 3.05) is 11.9 Å². The van der Waals surface area contributed by atoms with E-state index in [4.69, 9.17) is 5.11 Å². The van der Waals surface area contributed by atoms with E-state index in [0.717, 1.165) is 9.26 Å². The zero-order chi connectivity index (χ0) is 10.7. The predicted octanol–water partition coefficient (Wildman–Crippen LogP) is 2.20. The van der Waals surface area contributed by atoms with Gasteiger partial charge in [-0.15, -0.1) is 0 Å². The van der Waals surface area contributed by atoms with Crippen LogP contribution in [0.2, 0.25) is 0 Å². The SMILES string of the molecule is C[C@@H](C(=O)O)N(C)c1ccc(I)cc1. The lowest BCUT2D eigenvalue weighted by atomic mass is 10.2. The van der Waals surface area contributed by atoms with Gasteiger partial charge >= 0.3 is 5.97 Å². The van der Waals surface area contributed by atoms with Crippen LogP contribution in [0.1, 0.15) is 6.92 Å². The summed E-state index contributed by atoms with van der Waals surface area (Å²) in [4.78, 5) is 12.5. The Hall–Kier alpha value is -0.780. The number of hydrogen-bond acceptors (Lipinski definition) is 2. The van der Waals surface area contributed by atoms with Crippen molar-refractivity contribution in [1.29, 1.82) is 0 Å². The molecule has 0 radical (unpaired) electrons. The molecule has 0 aliphatic rings. The Labute approximate surface area is 96.9 Å². The smallest absolute Gasteiger partial charge is 0.326 e. The fourth-order valence-electron chi connectivity index (χ4n) is 1.07. The fourth-order valence-corrected chi connectivity index (χ4v) is 1.43. The van der Waals surface area contributed by atoms with Crippen LogP contribution in [0.5, 0.6) is 0 Å². The lowest BCUT2D eigenvalue weighted by Gasteiger charge is -2.23. The molecule has 0 bridgehead atoms. The van der Waals surface area contributed by atoms with E-state index >= 15 is 0 Å². The molecule has 76 valence electrons. The van der Waals surface area contributed by atoms with Gasteiger partial charge in [0.25, 0.3) is 0 Å². The number of rotatable bonds is 3. The van der Waals surface area contributed by atoms with Crippen molar-refractivity contribution in [3.63, 3.8) is 0 Å². The quantitative estimate of drug-likeness (QED) is 0.870. The molecule has 4 heteroatoms. The van der Waals surface area contributed by atoms with Crippen LogP contribution in [0.15, 0.2) is 24.3 Å². The van der Waals surface area contributed by atoms with Crippen LogP contribution in [0.3, 0.4) is 0 Å². The zero-order valence-corrected chi connectivity index (χ0v) is 10.2. The highest BCUT2D eigenvalue weighted by molar-refractivity contribution is 14.1. The highest BCUT2D eigenvalue weighted by atomic mass is 127. The molecule has 1 aromatic rings. The standard InChI is InChI=1S/C10H12INO2/c1-7(10(13)14)12(2)9-5-3-8(11)4-6-9/h3-7H,1-2H3,(H,13,14)/t7-/m0/s1. The molecule has 1 aromatic carbocycles. The molecule has 1 atom stereocenters. The van der Waals surface area contributed by atoms with Gasteiger partial charge in [0.1, 0.15) is 6.04 Å². The number of carbonyl (C=O) groups is 1. The first-order chi connectivity index (χ1) is 6.52. The van der Waals surface area contributed by atoms with E-state index in [9.17, 15) is 4.79 Å². The molecule has 0 unspecified atom stereocenters. The Balaban J connectivity index is 2.84. The first-order valence-electron chi connectivity index (χ1n) is 4.23. The molecule has 0 aromatic heterocycles. The number of benzene rings is 1. The average molecular weight is 305 g/mol. The number of nitrogens with zero attached hydrogens (tertiary/aromatic N) is 1. The van der Waals surface area contributed by atoms with Crippen molar-refractivity contribution < 1.29 is 9.90 Å². The molecular weight excluding hydrogens is 293 g/mol. The molecule has 0 saturated heterocycles. The predicted molar refractivity (Wildman–Crippen MR) is 64.7 cm³/mol. The summed E-state index contributed by atoms with van der Waals surface area (Å²) >= 11 is 2.22. The average Bonchev–Trinajstić information content (AvgIpc) is 2.16. The van der Waals surface area contributed by atoms with E-state index in [-0.39, 0.29) is 0 Å². The number of carboxylic acids is 1. The van der Waals surface area contributed by atoms with Gasteiger partial charge in [-0.1, -0.05) is 0 Å². The summed E-state index contributed by atoms with van der Waals surface area (Å²) in [7, 11) is 1.78. The van der Waals surface area contributed by atoms with Crippen LogP contribution < -0.4 is 4.90 Å². The van der Waals surface area contributed by atoms with E-state index in [1.54, 1.807) is 18.9 Å². The van der Waals surface area contributed by atoms with E-state index in [1.807, 2.05) is 24.3 Å². The van der Waals surface area contributed by atoms with Crippen molar-refractivity contribution >= 4 is 34.2 Å². The number of halogens is 1. The van der Waals surface area contributed by atoms with Crippen LogP contribution in [-0.4, -0.2) is 24.2 Å². The second kappa shape index (κ2) is 4.63. The summed E-state index contributed by atoms with van der Waals surface area (Å²) in [6, 6.07) is 7.25. The summed E-state index contributed by atoms with van der Waals surface area (Å²) in [6.07, 6.45) is 0. The van der Waals surface area contributed by atoms with Crippen LogP contribution in [0.25, 0.3) is 0 Å². The minimum absolute atomic E-state index is 0.505. The first-order valence-corrected chi connectivity index (χ1v) is 5.31. The Kier molecular flexibility index (Phi) is 3.74. The Bertz CT molecular complexity index is 323. The van der Waals surface area contributed by atoms with Crippen LogP contribution in [-0.2, 0) is 4.79 Å². The molecular formula is C10H12INO2. The lowest BCUT2D eigenvalue weighted by molar-refractivity contribution is -0.138. The second-order valence-electron chi connectivity index (χ2n) is 3.10. The van der Waals surface area contributed by atoms with E-state index in [1.165, 1.54) is 0 Å². The molecule has 14 heavy (non-hydrogen) atoms. The Morgan fingerprint density at radius 2 is 1.93 bits per heavy atom. The monoisotopic (exact) mass is 305 g/mol. The van der Waals surface area contributed by atoms with E-state index in [0.29, 0.717) is 0 Å². The van der Waals surface area contributed by atoms with Gasteiger partial charge in [0.2, 0.25) is 0 Å². The lowest BCUT2D eigenvalue weighted by Crippen LogP contribution is -2.35. The van der Waals surface area contributed by atoms with Gasteiger partial charge in [-0.25, -0.2) is 4.79 Å². The largest absolute Gasteiger partial charge is 0.480 e. The first kappa shape index (κ1) is 11.3. The van der Waals surface area contributed by atoms with Crippen molar-refractivity contribution in [1.82, 2.24) is 0 Å². The van der Waals surface area contributed by atoms with Gasteiger partial charge in [-0.05, 0) is 53.8 Å². The maximum absolute atomic E-state index is 10.7. The molecule has 0 heterocycles. The molecule has 0 saturated carbocycles. The second-order valence-corrected chi connectivity index (χ2v) is 4.35. The highest BCUT2D eigenvalue weighted by Crippen LogP contribution is 2.16. The summed E-state index contributed by atoms with van der Waals surface area (Å²) in [5.74, 6) is -0.814. The van der Waals surface area contributed by atoms with Gasteiger partial charge in [-0.3, -0.25) is 0 Å². The zero-order valence-electron chi connectivity index (χ0n) is 8.07. The summed E-state index contributed by atoms with van der Waals surface area (Å²) < 4.78 is 1.14. The molecule has 0 fully saturated rings. The van der Waals surface area contributed by atoms with Gasteiger partial charge in [0.15, 0.2) is 0 Å². The molecule has 1 rings (SSSR count). The third-order valence-corrected chi connectivity index (χ3v) is 2.89. The topological polar surface area (TPSA) is 40.5 Å². The van der Waals surface area contributed by atoms with Crippen molar-refractivity contribution in [3.05, 3.63) is 27.8 Å². The van der Waals surface area contributed by atoms with Gasteiger partial charge < -0.3 is 10.0 Å². The number of carboxylic acid groups (broad SMARTS) is 1. The van der Waals surface area contributed by atoms with Crippen molar-refractivity contribution in [2.45, 2.75) is 13.0 Å². The van der Waals surface area contributed by atoms with Gasteiger partial charge in [-0.2, -0.15) is 0 Å². The molecule has 0 spiro atoms. The Morgan fingerprint density at radius 3 is 2.36 bits per heavy atom. The minimum atomic E-state index is -0.814. The third kappa shape index (κ3) is 2.60. The maximum Gasteiger partial charge on any atom is 0.326 e. The Morgan fingerprint density at radius 1 is 1.43 bits per heavy atom. The van der Waals surface area contributed by atoms with E-state index < -0.39 is 12.0 Å². The molecule has 3 nitrogen and oxygen atoms in total. The molecule has 0 aliphatic heterocycles. The summed E-state index contributed by atoms with van der Waals surface area (Å²) in [6.45, 7) is 1.67. The third-order valence-electron chi connectivity index (χ3n) is 2.17. The van der Waals surface area contributed by atoms with Gasteiger partial charge in [0.05, 0.1) is 0 Å². The molecule has 0 amide bonds. The maximum atomic E-state index is 10.7. The number of likely N-dealkylation sites (N-methyl/N-ethyl adjacent to an activating group) is 1. The minimum Gasteiger partial charge on any atom is -0.480 e. The normalized spacial score (nSPS) is 12.2. The summed E-state index contributed by atoms with van der Waals surface area (Å²) in [5.41, 5.74) is 0.917. The number of hydrogen-bond donors (Lipinski definition) is 1. The van der Waals surface area contributed by atoms with E-state index in [2.05, 4.69) is 22.6 Å². The highest BCUT2D eigenvalue weighted by Gasteiger charge is 2.16.